The van der Waals surface area contributed by atoms with Gasteiger partial charge in [0, 0.05) is 37.8 Å². The number of aromatic nitrogens is 2. The first kappa shape index (κ1) is 19.8. The van der Waals surface area contributed by atoms with Crippen molar-refractivity contribution in [1.82, 2.24) is 15.1 Å². The SMILES string of the molecule is O=C(O)/C=C(/C(=O)O)C1CN(c2ccc(Oc3ccccc3)nn2)C2CCN1CC2. The largest absolute Gasteiger partial charge is 0.478 e. The lowest BCUT2D eigenvalue weighted by molar-refractivity contribution is -0.135. The van der Waals surface area contributed by atoms with Gasteiger partial charge in [0.25, 0.3) is 0 Å². The molecule has 3 saturated heterocycles. The van der Waals surface area contributed by atoms with Crippen molar-refractivity contribution in [3.05, 3.63) is 54.1 Å². The monoisotopic (exact) mass is 410 g/mol. The van der Waals surface area contributed by atoms with Gasteiger partial charge in [0.2, 0.25) is 5.88 Å². The van der Waals surface area contributed by atoms with Crippen LogP contribution in [0.15, 0.2) is 54.1 Å². The molecule has 9 heteroatoms. The van der Waals surface area contributed by atoms with Crippen molar-refractivity contribution in [3.63, 3.8) is 0 Å². The highest BCUT2D eigenvalue weighted by Gasteiger charge is 2.39. The highest BCUT2D eigenvalue weighted by Crippen LogP contribution is 2.31. The first-order chi connectivity index (χ1) is 14.5. The number of para-hydroxylation sites is 1. The zero-order chi connectivity index (χ0) is 21.1. The van der Waals surface area contributed by atoms with Crippen LogP contribution in [0.5, 0.6) is 11.6 Å². The highest BCUT2D eigenvalue weighted by atomic mass is 16.5. The summed E-state index contributed by atoms with van der Waals surface area (Å²) in [5, 5.41) is 27.2. The Morgan fingerprint density at radius 1 is 1.03 bits per heavy atom. The average molecular weight is 410 g/mol. The van der Waals surface area contributed by atoms with Crippen LogP contribution in [0.2, 0.25) is 0 Å². The Morgan fingerprint density at radius 3 is 2.37 bits per heavy atom. The molecule has 2 aromatic rings. The van der Waals surface area contributed by atoms with Gasteiger partial charge in [-0.3, -0.25) is 4.90 Å². The second kappa shape index (κ2) is 8.50. The van der Waals surface area contributed by atoms with Gasteiger partial charge in [0.05, 0.1) is 11.6 Å². The van der Waals surface area contributed by atoms with E-state index in [1.165, 1.54) is 0 Å². The second-order valence-corrected chi connectivity index (χ2v) is 7.32. The number of ether oxygens (including phenoxy) is 1. The van der Waals surface area contributed by atoms with Crippen LogP contribution in [0.3, 0.4) is 0 Å². The summed E-state index contributed by atoms with van der Waals surface area (Å²) in [7, 11) is 0. The van der Waals surface area contributed by atoms with Gasteiger partial charge in [-0.1, -0.05) is 18.2 Å². The molecule has 30 heavy (non-hydrogen) atoms. The van der Waals surface area contributed by atoms with Crippen LogP contribution in [0.4, 0.5) is 5.82 Å². The van der Waals surface area contributed by atoms with Crippen LogP contribution >= 0.6 is 0 Å². The molecular weight excluding hydrogens is 388 g/mol. The first-order valence-corrected chi connectivity index (χ1v) is 9.76. The number of rotatable bonds is 6. The van der Waals surface area contributed by atoms with E-state index in [0.29, 0.717) is 37.1 Å². The van der Waals surface area contributed by atoms with Crippen molar-refractivity contribution in [3.8, 4) is 11.6 Å². The Bertz CT molecular complexity index is 940. The molecule has 1 aromatic carbocycles. The molecule has 1 atom stereocenters. The van der Waals surface area contributed by atoms with Gasteiger partial charge in [-0.25, -0.2) is 9.59 Å². The van der Waals surface area contributed by atoms with Crippen molar-refractivity contribution < 1.29 is 24.5 Å². The summed E-state index contributed by atoms with van der Waals surface area (Å²) in [4.78, 5) is 27.0. The minimum atomic E-state index is -1.26. The standard InChI is InChI=1S/C21H22N4O5/c26-20(27)12-16(21(28)29)17-13-25(14-8-10-24(17)11-9-14)18-6-7-19(23-22-18)30-15-4-2-1-3-5-15/h1-7,12,14,17H,8-11,13H2,(H,26,27)(H,28,29)/b16-12+. The number of hydrogen-bond acceptors (Lipinski definition) is 7. The predicted octanol–water partition coefficient (Wildman–Crippen LogP) is 2.02. The molecule has 0 saturated carbocycles. The summed E-state index contributed by atoms with van der Waals surface area (Å²) >= 11 is 0. The molecule has 0 amide bonds. The van der Waals surface area contributed by atoms with E-state index in [-0.39, 0.29) is 11.6 Å². The van der Waals surface area contributed by atoms with Crippen LogP contribution in [-0.4, -0.2) is 69.0 Å². The lowest BCUT2D eigenvalue weighted by Gasteiger charge is -2.32. The molecule has 5 rings (SSSR count). The number of piperidine rings is 1. The zero-order valence-electron chi connectivity index (χ0n) is 16.2. The number of carboxylic acid groups (broad SMARTS) is 2. The summed E-state index contributed by atoms with van der Waals surface area (Å²) in [6, 6.07) is 12.5. The Morgan fingerprint density at radius 2 is 1.77 bits per heavy atom. The van der Waals surface area contributed by atoms with Gasteiger partial charge in [-0.2, -0.15) is 0 Å². The third kappa shape index (κ3) is 4.25. The molecule has 1 aromatic heterocycles. The van der Waals surface area contributed by atoms with Crippen molar-refractivity contribution in [2.75, 3.05) is 24.5 Å². The second-order valence-electron chi connectivity index (χ2n) is 7.32. The number of hydrogen-bond donors (Lipinski definition) is 2. The predicted molar refractivity (Wildman–Crippen MR) is 108 cm³/mol. The fourth-order valence-electron chi connectivity index (χ4n) is 4.10. The summed E-state index contributed by atoms with van der Waals surface area (Å²) in [6.45, 7) is 1.75. The van der Waals surface area contributed by atoms with Gasteiger partial charge >= 0.3 is 11.9 Å². The molecule has 0 radical (unpaired) electrons. The van der Waals surface area contributed by atoms with Gasteiger partial charge in [0.1, 0.15) is 5.75 Å². The number of carboxylic acids is 2. The van der Waals surface area contributed by atoms with Crippen LogP contribution in [-0.2, 0) is 9.59 Å². The van der Waals surface area contributed by atoms with Crippen LogP contribution < -0.4 is 9.64 Å². The third-order valence-corrected chi connectivity index (χ3v) is 5.52. The van der Waals surface area contributed by atoms with Crippen molar-refractivity contribution in [2.24, 2.45) is 0 Å². The Balaban J connectivity index is 1.58. The molecule has 1 unspecified atom stereocenters. The fourth-order valence-corrected chi connectivity index (χ4v) is 4.10. The molecule has 156 valence electrons. The number of fused-ring (bicyclic) bond motifs is 4. The molecule has 3 aliphatic heterocycles. The summed E-state index contributed by atoms with van der Waals surface area (Å²) in [5.74, 6) is -0.840. The van der Waals surface area contributed by atoms with Gasteiger partial charge in [-0.15, -0.1) is 10.2 Å². The van der Waals surface area contributed by atoms with E-state index < -0.39 is 18.0 Å². The molecule has 4 heterocycles. The summed E-state index contributed by atoms with van der Waals surface area (Å²) < 4.78 is 5.69. The minimum Gasteiger partial charge on any atom is -0.478 e. The van der Waals surface area contributed by atoms with E-state index in [4.69, 9.17) is 9.84 Å². The first-order valence-electron chi connectivity index (χ1n) is 9.76. The number of anilines is 1. The Kier molecular flexibility index (Phi) is 5.62. The van der Waals surface area contributed by atoms with Gasteiger partial charge < -0.3 is 19.8 Å². The van der Waals surface area contributed by atoms with E-state index in [9.17, 15) is 14.7 Å². The minimum absolute atomic E-state index is 0.118. The van der Waals surface area contributed by atoms with E-state index in [0.717, 1.165) is 18.9 Å². The van der Waals surface area contributed by atoms with E-state index in [1.54, 1.807) is 12.1 Å². The Hall–Kier alpha value is -3.46. The lowest BCUT2D eigenvalue weighted by atomic mass is 10.0. The Labute approximate surface area is 173 Å². The topological polar surface area (TPSA) is 116 Å². The van der Waals surface area contributed by atoms with Crippen molar-refractivity contribution in [1.29, 1.82) is 0 Å². The number of nitrogens with zero attached hydrogens (tertiary/aromatic N) is 4. The van der Waals surface area contributed by atoms with E-state index in [1.807, 2.05) is 40.1 Å². The van der Waals surface area contributed by atoms with Crippen LogP contribution in [0.25, 0.3) is 0 Å². The van der Waals surface area contributed by atoms with Gasteiger partial charge in [-0.05, 0) is 31.0 Å². The normalized spacial score (nSPS) is 23.7. The maximum Gasteiger partial charge on any atom is 0.333 e. The van der Waals surface area contributed by atoms with Gasteiger partial charge in [0.15, 0.2) is 5.82 Å². The van der Waals surface area contributed by atoms with E-state index >= 15 is 0 Å². The number of benzene rings is 1. The molecule has 9 nitrogen and oxygen atoms in total. The van der Waals surface area contributed by atoms with Crippen LogP contribution in [0, 0.1) is 0 Å². The smallest absolute Gasteiger partial charge is 0.333 e. The lowest BCUT2D eigenvalue weighted by Crippen LogP contribution is -2.43. The van der Waals surface area contributed by atoms with Crippen LogP contribution in [0.1, 0.15) is 12.8 Å². The maximum absolute atomic E-state index is 11.8. The summed E-state index contributed by atoms with van der Waals surface area (Å²) in [6.07, 6.45) is 2.49. The quantitative estimate of drug-likeness (QED) is 0.690. The molecule has 2 N–H and O–H groups in total. The number of carbonyl (C=O) groups is 2. The van der Waals surface area contributed by atoms with Crippen molar-refractivity contribution in [2.45, 2.75) is 24.9 Å². The maximum atomic E-state index is 11.8. The average Bonchev–Trinajstić information content (AvgIpc) is 3.03. The zero-order valence-corrected chi connectivity index (χ0v) is 16.2. The molecule has 0 spiro atoms. The molecule has 3 aliphatic rings. The van der Waals surface area contributed by atoms with Crippen molar-refractivity contribution >= 4 is 17.8 Å². The highest BCUT2D eigenvalue weighted by molar-refractivity contribution is 5.95. The molecule has 2 bridgehead atoms. The molecule has 0 aliphatic carbocycles. The fraction of sp³-hybridized carbons (Fsp3) is 0.333. The summed E-state index contributed by atoms with van der Waals surface area (Å²) in [5.41, 5.74) is -0.118. The molecule has 3 fully saturated rings. The van der Waals surface area contributed by atoms with E-state index in [2.05, 4.69) is 10.2 Å². The number of aliphatic carboxylic acids is 2. The third-order valence-electron chi connectivity index (χ3n) is 5.52. The molecular formula is C21H22N4O5.